The summed E-state index contributed by atoms with van der Waals surface area (Å²) in [7, 11) is 3.30. The van der Waals surface area contributed by atoms with Crippen molar-refractivity contribution in [2.24, 2.45) is 0 Å². The molecule has 0 fully saturated rings. The molecule has 24 valence electrons. The lowest BCUT2D eigenvalue weighted by atomic mass is 10.9. The van der Waals surface area contributed by atoms with Gasteiger partial charge in [0.15, 0.2) is 0 Å². The van der Waals surface area contributed by atoms with E-state index in [4.69, 9.17) is 0 Å². The molecule has 0 N–H and O–H groups in total. The smallest absolute Gasteiger partial charge is 0.125 e. The Labute approximate surface area is 27.6 Å². The number of alkyl halides is 1. The maximum absolute atomic E-state index is 10.9. The Bertz CT molecular complexity index is 10.8. The van der Waals surface area contributed by atoms with E-state index in [1.54, 1.807) is 0 Å². The van der Waals surface area contributed by atoms with Crippen LogP contribution >= 0.6 is 9.24 Å². The molecule has 0 aromatic heterocycles. The molecule has 0 aromatic carbocycles. The Hall–Kier alpha value is 0.360. The fourth-order valence-corrected chi connectivity index (χ4v) is 0. The third-order valence-electron chi connectivity index (χ3n) is 0. The standard InChI is InChI=1S/C2H4FP/c1-2(3)4/h2H,1H3. The van der Waals surface area contributed by atoms with Crippen LogP contribution in [-0.2, 0) is 0 Å². The first-order valence-corrected chi connectivity index (χ1v) is 1.57. The molecule has 0 saturated carbocycles. The quantitative estimate of drug-likeness (QED) is 0.387. The van der Waals surface area contributed by atoms with Gasteiger partial charge in [0.05, 0.1) is 0 Å². The molecule has 0 aromatic rings. The van der Waals surface area contributed by atoms with Crippen molar-refractivity contribution in [2.75, 3.05) is 0 Å². The van der Waals surface area contributed by atoms with E-state index in [1.807, 2.05) is 0 Å². The molecule has 0 rings (SSSR count). The average molecular weight is 78.0 g/mol. The van der Waals surface area contributed by atoms with Crippen molar-refractivity contribution in [3.05, 3.63) is 0 Å². The molecular formula is C2H4FP. The normalized spacial score (nSPS) is 15.8. The van der Waals surface area contributed by atoms with Crippen LogP contribution in [0.1, 0.15) is 6.92 Å². The number of halogens is 1. The fourth-order valence-electron chi connectivity index (χ4n) is 0. The van der Waals surface area contributed by atoms with Crippen LogP contribution in [0.15, 0.2) is 0 Å². The van der Waals surface area contributed by atoms with Crippen molar-refractivity contribution in [2.45, 2.75) is 12.8 Å². The van der Waals surface area contributed by atoms with Crippen LogP contribution in [0.5, 0.6) is 0 Å². The summed E-state index contributed by atoms with van der Waals surface area (Å²) in [5, 5.41) is 0. The van der Waals surface area contributed by atoms with E-state index in [0.29, 0.717) is 0 Å². The van der Waals surface area contributed by atoms with Crippen molar-refractivity contribution in [3.8, 4) is 0 Å². The van der Waals surface area contributed by atoms with Crippen molar-refractivity contribution in [3.63, 3.8) is 0 Å². The summed E-state index contributed by atoms with van der Waals surface area (Å²) in [6.45, 7) is 1.36. The van der Waals surface area contributed by atoms with Gasteiger partial charge in [0, 0.05) is 0 Å². The van der Waals surface area contributed by atoms with Gasteiger partial charge in [-0.25, -0.2) is 4.39 Å². The van der Waals surface area contributed by atoms with Crippen LogP contribution in [0.3, 0.4) is 0 Å². The summed E-state index contributed by atoms with van der Waals surface area (Å²) in [5.74, 6) is -0.972. The zero-order chi connectivity index (χ0) is 3.58. The van der Waals surface area contributed by atoms with E-state index < -0.39 is 5.91 Å². The Balaban J connectivity index is 2.32. The van der Waals surface area contributed by atoms with Gasteiger partial charge in [-0.15, -0.1) is 0 Å². The summed E-state index contributed by atoms with van der Waals surface area (Å²) in [6.07, 6.45) is 0. The van der Waals surface area contributed by atoms with E-state index in [0.717, 1.165) is 0 Å². The van der Waals surface area contributed by atoms with Gasteiger partial charge >= 0.3 is 0 Å². The highest BCUT2D eigenvalue weighted by Gasteiger charge is 1.76. The number of hydrogen-bond donors (Lipinski definition) is 0. The van der Waals surface area contributed by atoms with Gasteiger partial charge in [-0.1, -0.05) is 0 Å². The predicted molar refractivity (Wildman–Crippen MR) is 17.5 cm³/mol. The van der Waals surface area contributed by atoms with Gasteiger partial charge in [-0.3, -0.25) is 0 Å². The highest BCUT2D eigenvalue weighted by atomic mass is 31.0. The van der Waals surface area contributed by atoms with Crippen molar-refractivity contribution in [1.82, 2.24) is 0 Å². The number of rotatable bonds is 0. The Kier molecular flexibility index (Phi) is 1.81. The Morgan fingerprint density at radius 2 is 2.00 bits per heavy atom. The highest BCUT2D eigenvalue weighted by Crippen LogP contribution is 1.94. The van der Waals surface area contributed by atoms with E-state index in [1.165, 1.54) is 6.92 Å². The molecule has 0 spiro atoms. The van der Waals surface area contributed by atoms with Crippen LogP contribution in [-0.4, -0.2) is 5.91 Å². The van der Waals surface area contributed by atoms with Crippen LogP contribution in [0.2, 0.25) is 0 Å². The van der Waals surface area contributed by atoms with Crippen LogP contribution < -0.4 is 0 Å². The Morgan fingerprint density at radius 1 is 2.00 bits per heavy atom. The third kappa shape index (κ3) is 33.7. The first kappa shape index (κ1) is 4.36. The number of hydrogen-bond acceptors (Lipinski definition) is 0. The molecule has 1 unspecified atom stereocenters. The minimum absolute atomic E-state index is 0.972. The molecule has 4 heavy (non-hydrogen) atoms. The van der Waals surface area contributed by atoms with Gasteiger partial charge in [-0.05, 0) is 16.2 Å². The largest absolute Gasteiger partial charge is 0.242 e. The van der Waals surface area contributed by atoms with Gasteiger partial charge in [0.1, 0.15) is 5.91 Å². The zero-order valence-corrected chi connectivity index (χ0v) is 3.30. The van der Waals surface area contributed by atoms with E-state index >= 15 is 0 Å². The summed E-state index contributed by atoms with van der Waals surface area (Å²) in [5.41, 5.74) is 0. The minimum atomic E-state index is -0.972. The molecule has 0 bridgehead atoms. The SMILES string of the molecule is CC(F)[P]. The molecule has 1 atom stereocenters. The molecule has 2 heteroatoms. The van der Waals surface area contributed by atoms with Crippen molar-refractivity contribution < 1.29 is 4.39 Å². The Morgan fingerprint density at radius 3 is 2.00 bits per heavy atom. The molecule has 2 radical (unpaired) electrons. The lowest BCUT2D eigenvalue weighted by molar-refractivity contribution is 0.483. The molecule has 0 heterocycles. The summed E-state index contributed by atoms with van der Waals surface area (Å²) in [6, 6.07) is 0. The second kappa shape index (κ2) is 1.66. The molecule has 0 nitrogen and oxygen atoms in total. The van der Waals surface area contributed by atoms with Crippen LogP contribution in [0.4, 0.5) is 4.39 Å². The minimum Gasteiger partial charge on any atom is -0.242 e. The summed E-state index contributed by atoms with van der Waals surface area (Å²) < 4.78 is 10.9. The fraction of sp³-hybridized carbons (Fsp3) is 1.00. The second-order valence-electron chi connectivity index (χ2n) is 0.574. The molecular weight excluding hydrogens is 74.0 g/mol. The van der Waals surface area contributed by atoms with E-state index in [-0.39, 0.29) is 0 Å². The first-order chi connectivity index (χ1) is 1.73. The average Bonchev–Trinajstić information content (AvgIpc) is 0.811. The molecule has 0 aliphatic rings. The van der Waals surface area contributed by atoms with Gasteiger partial charge in [0.2, 0.25) is 0 Å². The summed E-state index contributed by atoms with van der Waals surface area (Å²) >= 11 is 0. The van der Waals surface area contributed by atoms with Crippen LogP contribution in [0, 0.1) is 0 Å². The lowest BCUT2D eigenvalue weighted by Crippen LogP contribution is -1.65. The first-order valence-electron chi connectivity index (χ1n) is 1.05. The van der Waals surface area contributed by atoms with E-state index in [9.17, 15) is 4.39 Å². The third-order valence-corrected chi connectivity index (χ3v) is 0. The molecule has 0 amide bonds. The van der Waals surface area contributed by atoms with Gasteiger partial charge in [-0.2, -0.15) is 0 Å². The monoisotopic (exact) mass is 78.0 g/mol. The predicted octanol–water partition coefficient (Wildman–Crippen LogP) is 1.71. The lowest BCUT2D eigenvalue weighted by Gasteiger charge is -1.72. The summed E-state index contributed by atoms with van der Waals surface area (Å²) in [4.78, 5) is 0. The second-order valence-corrected chi connectivity index (χ2v) is 1.29. The molecule has 0 aliphatic carbocycles. The zero-order valence-electron chi connectivity index (χ0n) is 2.40. The maximum atomic E-state index is 10.9. The molecule has 0 saturated heterocycles. The van der Waals surface area contributed by atoms with Crippen LogP contribution in [0.25, 0.3) is 0 Å². The van der Waals surface area contributed by atoms with Crippen molar-refractivity contribution in [1.29, 1.82) is 0 Å². The highest BCUT2D eigenvalue weighted by molar-refractivity contribution is 7.17. The molecule has 0 aliphatic heterocycles. The van der Waals surface area contributed by atoms with Gasteiger partial charge in [0.25, 0.3) is 0 Å². The van der Waals surface area contributed by atoms with Crippen molar-refractivity contribution >= 4 is 9.24 Å². The van der Waals surface area contributed by atoms with Gasteiger partial charge < -0.3 is 0 Å². The van der Waals surface area contributed by atoms with E-state index in [2.05, 4.69) is 9.24 Å². The topological polar surface area (TPSA) is 0 Å². The maximum Gasteiger partial charge on any atom is 0.125 e.